The Morgan fingerprint density at radius 3 is 2.43 bits per heavy atom. The molecular weight excluding hydrogens is 600 g/mol. The Labute approximate surface area is 256 Å². The van der Waals surface area contributed by atoms with E-state index in [9.17, 15) is 14.7 Å². The smallest absolute Gasteiger partial charge is 0.338 e. The van der Waals surface area contributed by atoms with Crippen molar-refractivity contribution in [2.75, 3.05) is 32.6 Å². The lowest BCUT2D eigenvalue weighted by atomic mass is 9.93. The first-order valence-electron chi connectivity index (χ1n) is 14.6. The molecule has 0 saturated heterocycles. The number of rotatable bonds is 12. The maximum atomic E-state index is 12.9. The topological polar surface area (TPSA) is 111 Å². The van der Waals surface area contributed by atoms with Crippen LogP contribution in [0.3, 0.4) is 0 Å². The first-order valence-corrected chi connectivity index (χ1v) is 15.4. The van der Waals surface area contributed by atoms with Gasteiger partial charge in [-0.15, -0.1) is 0 Å². The van der Waals surface area contributed by atoms with Crippen molar-refractivity contribution in [1.29, 1.82) is 0 Å². The van der Waals surface area contributed by atoms with Crippen molar-refractivity contribution < 1.29 is 28.9 Å². The molecule has 8 nitrogen and oxygen atoms in total. The van der Waals surface area contributed by atoms with Crippen molar-refractivity contribution in [2.45, 2.75) is 70.6 Å². The molecule has 4 rings (SSSR count). The fourth-order valence-corrected chi connectivity index (χ4v) is 5.97. The monoisotopic (exact) mass is 640 g/mol. The van der Waals surface area contributed by atoms with E-state index in [2.05, 4.69) is 27.8 Å². The molecule has 0 radical (unpaired) electrons. The zero-order valence-corrected chi connectivity index (χ0v) is 26.2. The standard InChI is InChI=1S/C33H41BrN2O6/c1-4-36(27-8-6-5-7-9-27)18-26-15-25(17-30(34)31(26)35)33(39)42-20-28(37)19-41-32(38)21(2)22-10-11-24-16-29(40-3)13-12-23(24)14-22/h10-17,21,27-28,37H,4-9,18-20,35H2,1-3H3. The molecule has 0 aromatic heterocycles. The van der Waals surface area contributed by atoms with Gasteiger partial charge in [-0.2, -0.15) is 0 Å². The third-order valence-corrected chi connectivity index (χ3v) is 8.73. The van der Waals surface area contributed by atoms with Gasteiger partial charge in [-0.1, -0.05) is 50.5 Å². The number of hydrogen-bond acceptors (Lipinski definition) is 8. The number of aliphatic hydroxyl groups is 1. The average molecular weight is 642 g/mol. The van der Waals surface area contributed by atoms with Gasteiger partial charge in [-0.3, -0.25) is 9.69 Å². The predicted octanol–water partition coefficient (Wildman–Crippen LogP) is 6.21. The summed E-state index contributed by atoms with van der Waals surface area (Å²) in [5.74, 6) is -0.823. The third kappa shape index (κ3) is 8.02. The molecule has 1 aliphatic carbocycles. The predicted molar refractivity (Wildman–Crippen MR) is 168 cm³/mol. The number of aliphatic hydroxyl groups excluding tert-OH is 1. The van der Waals surface area contributed by atoms with Crippen LogP contribution in [0.15, 0.2) is 53.0 Å². The van der Waals surface area contributed by atoms with Crippen molar-refractivity contribution in [3.8, 4) is 5.75 Å². The van der Waals surface area contributed by atoms with Gasteiger partial charge in [0, 0.05) is 17.1 Å². The molecule has 3 aromatic rings. The van der Waals surface area contributed by atoms with Gasteiger partial charge >= 0.3 is 11.9 Å². The Morgan fingerprint density at radius 2 is 1.71 bits per heavy atom. The molecule has 2 unspecified atom stereocenters. The molecule has 0 amide bonds. The number of methoxy groups -OCH3 is 1. The number of carbonyl (C=O) groups is 2. The second-order valence-electron chi connectivity index (χ2n) is 11.0. The van der Waals surface area contributed by atoms with Crippen LogP contribution in [0.5, 0.6) is 5.75 Å². The fourth-order valence-electron chi connectivity index (χ4n) is 5.47. The van der Waals surface area contributed by atoms with Crippen LogP contribution in [0.4, 0.5) is 5.69 Å². The van der Waals surface area contributed by atoms with Gasteiger partial charge in [0.05, 0.1) is 24.3 Å². The van der Waals surface area contributed by atoms with Gasteiger partial charge in [0.25, 0.3) is 0 Å². The summed E-state index contributed by atoms with van der Waals surface area (Å²) in [6.45, 7) is 4.85. The number of nitrogen functional groups attached to an aromatic ring is 1. The van der Waals surface area contributed by atoms with E-state index >= 15 is 0 Å². The Hall–Kier alpha value is -3.14. The van der Waals surface area contributed by atoms with Gasteiger partial charge in [-0.05, 0) is 88.4 Å². The number of esters is 2. The van der Waals surface area contributed by atoms with E-state index in [4.69, 9.17) is 19.9 Å². The largest absolute Gasteiger partial charge is 0.497 e. The molecule has 0 bridgehead atoms. The van der Waals surface area contributed by atoms with E-state index in [0.717, 1.165) is 34.2 Å². The van der Waals surface area contributed by atoms with Gasteiger partial charge < -0.3 is 25.1 Å². The van der Waals surface area contributed by atoms with Gasteiger partial charge in [0.2, 0.25) is 0 Å². The van der Waals surface area contributed by atoms with Crippen molar-refractivity contribution >= 4 is 44.3 Å². The highest BCUT2D eigenvalue weighted by atomic mass is 79.9. The number of nitrogens with zero attached hydrogens (tertiary/aromatic N) is 1. The third-order valence-electron chi connectivity index (χ3n) is 8.07. The van der Waals surface area contributed by atoms with Crippen molar-refractivity contribution in [3.05, 3.63) is 69.7 Å². The van der Waals surface area contributed by atoms with Gasteiger partial charge in [0.15, 0.2) is 0 Å². The normalized spacial score (nSPS) is 15.4. The van der Waals surface area contributed by atoms with E-state index in [1.54, 1.807) is 26.2 Å². The zero-order valence-electron chi connectivity index (χ0n) is 24.6. The Morgan fingerprint density at radius 1 is 1.02 bits per heavy atom. The van der Waals surface area contributed by atoms with E-state index in [1.807, 2.05) is 36.4 Å². The molecule has 0 spiro atoms. The molecule has 1 saturated carbocycles. The minimum Gasteiger partial charge on any atom is -0.497 e. The van der Waals surface area contributed by atoms with Crippen LogP contribution < -0.4 is 10.5 Å². The van der Waals surface area contributed by atoms with Crippen molar-refractivity contribution in [3.63, 3.8) is 0 Å². The summed E-state index contributed by atoms with van der Waals surface area (Å²) in [6, 6.07) is 15.4. The molecule has 0 aliphatic heterocycles. The van der Waals surface area contributed by atoms with Gasteiger partial charge in [0.1, 0.15) is 25.1 Å². The number of ether oxygens (including phenoxy) is 3. The number of carbonyl (C=O) groups excluding carboxylic acids is 2. The van der Waals surface area contributed by atoms with Crippen LogP contribution in [0.25, 0.3) is 10.8 Å². The molecule has 1 aliphatic rings. The molecule has 0 heterocycles. The van der Waals surface area contributed by atoms with Crippen LogP contribution in [-0.4, -0.2) is 61.0 Å². The van der Waals surface area contributed by atoms with E-state index < -0.39 is 24.0 Å². The minimum absolute atomic E-state index is 0.287. The number of benzene rings is 3. The van der Waals surface area contributed by atoms with Crippen LogP contribution in [0, 0.1) is 0 Å². The molecule has 42 heavy (non-hydrogen) atoms. The quantitative estimate of drug-likeness (QED) is 0.177. The average Bonchev–Trinajstić information content (AvgIpc) is 3.02. The summed E-state index contributed by atoms with van der Waals surface area (Å²) in [6.07, 6.45) is 4.96. The van der Waals surface area contributed by atoms with Gasteiger partial charge in [-0.25, -0.2) is 4.79 Å². The maximum absolute atomic E-state index is 12.9. The minimum atomic E-state index is -1.16. The molecule has 3 N–H and O–H groups in total. The Bertz CT molecular complexity index is 1390. The van der Waals surface area contributed by atoms with Crippen LogP contribution in [0.1, 0.15) is 73.4 Å². The summed E-state index contributed by atoms with van der Waals surface area (Å²) in [7, 11) is 1.62. The highest BCUT2D eigenvalue weighted by Crippen LogP contribution is 2.30. The van der Waals surface area contributed by atoms with Crippen LogP contribution in [-0.2, 0) is 20.8 Å². The number of hydrogen-bond donors (Lipinski definition) is 2. The van der Waals surface area contributed by atoms with Crippen molar-refractivity contribution in [1.82, 2.24) is 4.90 Å². The fraction of sp³-hybridized carbons (Fsp3) is 0.455. The summed E-state index contributed by atoms with van der Waals surface area (Å²) in [5.41, 5.74) is 8.97. The Balaban J connectivity index is 1.30. The second-order valence-corrected chi connectivity index (χ2v) is 11.8. The number of anilines is 1. The number of halogens is 1. The summed E-state index contributed by atoms with van der Waals surface area (Å²) >= 11 is 3.48. The molecule has 226 valence electrons. The molecule has 2 atom stereocenters. The second kappa shape index (κ2) is 14.8. The lowest BCUT2D eigenvalue weighted by molar-refractivity contribution is -0.148. The summed E-state index contributed by atoms with van der Waals surface area (Å²) in [4.78, 5) is 28.0. The molecular formula is C33H41BrN2O6. The highest BCUT2D eigenvalue weighted by molar-refractivity contribution is 9.10. The first kappa shape index (κ1) is 31.8. The summed E-state index contributed by atoms with van der Waals surface area (Å²) in [5, 5.41) is 12.4. The number of fused-ring (bicyclic) bond motifs is 1. The zero-order chi connectivity index (χ0) is 30.2. The Kier molecular flexibility index (Phi) is 11.2. The van der Waals surface area contributed by atoms with Crippen LogP contribution in [0.2, 0.25) is 0 Å². The molecule has 1 fully saturated rings. The molecule has 9 heteroatoms. The lowest BCUT2D eigenvalue weighted by Crippen LogP contribution is -2.36. The number of nitrogens with two attached hydrogens (primary N) is 1. The van der Waals surface area contributed by atoms with E-state index in [-0.39, 0.29) is 13.2 Å². The van der Waals surface area contributed by atoms with Crippen molar-refractivity contribution in [2.24, 2.45) is 0 Å². The SMILES string of the molecule is CCN(Cc1cc(C(=O)OCC(O)COC(=O)C(C)c2ccc3cc(OC)ccc3c2)cc(Br)c1N)C1CCCCC1. The lowest BCUT2D eigenvalue weighted by Gasteiger charge is -2.34. The first-order chi connectivity index (χ1) is 20.2. The summed E-state index contributed by atoms with van der Waals surface area (Å²) < 4.78 is 16.6. The van der Waals surface area contributed by atoms with E-state index in [0.29, 0.717) is 28.3 Å². The highest BCUT2D eigenvalue weighted by Gasteiger charge is 2.23. The van der Waals surface area contributed by atoms with E-state index in [1.165, 1.54) is 32.1 Å². The maximum Gasteiger partial charge on any atom is 0.338 e. The molecule has 3 aromatic carbocycles. The van der Waals surface area contributed by atoms with Crippen LogP contribution >= 0.6 is 15.9 Å².